The molecule has 4 rings (SSSR count). The highest BCUT2D eigenvalue weighted by Crippen LogP contribution is 2.38. The summed E-state index contributed by atoms with van der Waals surface area (Å²) in [7, 11) is 1.50. The van der Waals surface area contributed by atoms with Gasteiger partial charge in [0.05, 0.1) is 16.3 Å². The smallest absolute Gasteiger partial charge is 0.314 e. The first-order valence-corrected chi connectivity index (χ1v) is 9.98. The summed E-state index contributed by atoms with van der Waals surface area (Å²) in [6, 6.07) is 14.6. The van der Waals surface area contributed by atoms with Crippen molar-refractivity contribution in [2.45, 2.75) is 43.4 Å². The number of Topliss-reactive ketones (excluding diaryl/α,β-unsaturated/α-hetero) is 1. The van der Waals surface area contributed by atoms with Crippen molar-refractivity contribution in [1.82, 2.24) is 0 Å². The number of hydrogen-bond acceptors (Lipinski definition) is 3. The zero-order valence-electron chi connectivity index (χ0n) is 15.8. The summed E-state index contributed by atoms with van der Waals surface area (Å²) >= 11 is 6.14. The number of fused-ring (bicyclic) bond motifs is 1. The molecule has 0 unspecified atom stereocenters. The molecule has 0 saturated heterocycles. The number of carbonyl (C=O) groups is 2. The third kappa shape index (κ3) is 3.13. The molecule has 5 nitrogen and oxygen atoms in total. The number of benzene rings is 2. The maximum Gasteiger partial charge on any atom is 0.314 e. The third-order valence-electron chi connectivity index (χ3n) is 6.06. The van der Waals surface area contributed by atoms with E-state index in [1.54, 1.807) is 24.3 Å². The Morgan fingerprint density at radius 1 is 1.07 bits per heavy atom. The van der Waals surface area contributed by atoms with Gasteiger partial charge >= 0.3 is 11.7 Å². The first kappa shape index (κ1) is 19.1. The molecule has 0 aromatic heterocycles. The van der Waals surface area contributed by atoms with Crippen molar-refractivity contribution in [3.05, 3.63) is 64.7 Å². The van der Waals surface area contributed by atoms with Gasteiger partial charge in [0.25, 0.3) is 5.72 Å². The molecule has 2 aromatic carbocycles. The largest absolute Gasteiger partial charge is 0.320 e. The van der Waals surface area contributed by atoms with Crippen LogP contribution in [0.4, 0.5) is 5.69 Å². The molecule has 1 saturated carbocycles. The number of nitrogens with two attached hydrogens (primary N) is 1. The molecule has 0 bridgehead atoms. The minimum Gasteiger partial charge on any atom is -0.320 e. The molecule has 1 fully saturated rings. The summed E-state index contributed by atoms with van der Waals surface area (Å²) in [5.41, 5.74) is 0.755. The van der Waals surface area contributed by atoms with Crippen molar-refractivity contribution in [3.63, 3.8) is 0 Å². The van der Waals surface area contributed by atoms with Gasteiger partial charge in [-0.1, -0.05) is 41.9 Å². The van der Waals surface area contributed by atoms with Gasteiger partial charge in [-0.2, -0.15) is 0 Å². The van der Waals surface area contributed by atoms with Crippen LogP contribution < -0.4 is 10.6 Å². The van der Waals surface area contributed by atoms with Gasteiger partial charge in [-0.05, 0) is 36.6 Å². The van der Waals surface area contributed by atoms with Crippen LogP contribution in [0.15, 0.2) is 48.5 Å². The zero-order chi connectivity index (χ0) is 19.8. The Bertz CT molecular complexity index is 924. The third-order valence-corrected chi connectivity index (χ3v) is 6.39. The Morgan fingerprint density at radius 3 is 2.46 bits per heavy atom. The summed E-state index contributed by atoms with van der Waals surface area (Å²) < 4.78 is 5.84. The lowest BCUT2D eigenvalue weighted by molar-refractivity contribution is -0.821. The van der Waals surface area contributed by atoms with Crippen LogP contribution in [0.2, 0.25) is 5.02 Å². The number of halogens is 1. The first-order chi connectivity index (χ1) is 13.5. The lowest BCUT2D eigenvalue weighted by Gasteiger charge is -2.43. The molecule has 28 heavy (non-hydrogen) atoms. The standard InChI is InChI=1S/C22H23ClN2O3/c1-28-22(19(26)20(27)24-18-11-5-4-10-17(18)23)16-9-3-2-8-15(16)14-21(25-22)12-6-7-13-21/h2-5,8-11,25H,6-7,12-14H2,1H3,(H,24,27)/p+1/t22-/m0/s1. The highest BCUT2D eigenvalue weighted by Gasteiger charge is 2.58. The molecule has 1 aliphatic heterocycles. The van der Waals surface area contributed by atoms with E-state index in [4.69, 9.17) is 16.3 Å². The minimum absolute atomic E-state index is 0.106. The molecule has 0 radical (unpaired) electrons. The molecule has 1 heterocycles. The number of methoxy groups -OCH3 is 1. The Hall–Kier alpha value is -2.21. The van der Waals surface area contributed by atoms with E-state index in [-0.39, 0.29) is 5.54 Å². The predicted octanol–water partition coefficient (Wildman–Crippen LogP) is 2.78. The minimum atomic E-state index is -1.38. The molecule has 6 heteroatoms. The number of ether oxygens (including phenoxy) is 1. The fourth-order valence-electron chi connectivity index (χ4n) is 4.74. The lowest BCUT2D eigenvalue weighted by atomic mass is 9.77. The van der Waals surface area contributed by atoms with Crippen LogP contribution in [-0.4, -0.2) is 24.3 Å². The predicted molar refractivity (Wildman–Crippen MR) is 107 cm³/mol. The zero-order valence-corrected chi connectivity index (χ0v) is 16.6. The quantitative estimate of drug-likeness (QED) is 0.776. The fourth-order valence-corrected chi connectivity index (χ4v) is 4.92. The number of ketones is 1. The second kappa shape index (κ2) is 7.32. The van der Waals surface area contributed by atoms with Gasteiger partial charge in [0.15, 0.2) is 0 Å². The highest BCUT2D eigenvalue weighted by atomic mass is 35.5. The average Bonchev–Trinajstić information content (AvgIpc) is 3.15. The molecular formula is C22H24ClN2O3+. The molecule has 1 amide bonds. The SMILES string of the molecule is CO[C@@]1(C(=O)C(=O)Nc2ccccc2Cl)[NH2+]C2(CCCC2)Cc2ccccc21. The van der Waals surface area contributed by atoms with E-state index in [1.807, 2.05) is 29.6 Å². The van der Waals surface area contributed by atoms with Gasteiger partial charge in [0.1, 0.15) is 5.54 Å². The summed E-state index contributed by atoms with van der Waals surface area (Å²) in [4.78, 5) is 26.4. The van der Waals surface area contributed by atoms with Crippen LogP contribution in [0.3, 0.4) is 0 Å². The molecule has 2 aromatic rings. The van der Waals surface area contributed by atoms with Crippen LogP contribution in [0, 0.1) is 0 Å². The van der Waals surface area contributed by atoms with Gasteiger partial charge in [-0.15, -0.1) is 0 Å². The number of rotatable bonds is 4. The van der Waals surface area contributed by atoms with E-state index in [9.17, 15) is 9.59 Å². The molecule has 1 atom stereocenters. The summed E-state index contributed by atoms with van der Waals surface area (Å²) in [6.45, 7) is 0. The van der Waals surface area contributed by atoms with Crippen LogP contribution in [-0.2, 0) is 26.5 Å². The second-order valence-electron chi connectivity index (χ2n) is 7.75. The van der Waals surface area contributed by atoms with Gasteiger partial charge in [-0.25, -0.2) is 0 Å². The van der Waals surface area contributed by atoms with Crippen LogP contribution in [0.25, 0.3) is 0 Å². The van der Waals surface area contributed by atoms with Gasteiger partial charge in [-0.3, -0.25) is 9.59 Å². The van der Waals surface area contributed by atoms with E-state index in [0.29, 0.717) is 10.7 Å². The van der Waals surface area contributed by atoms with E-state index in [2.05, 4.69) is 5.32 Å². The molecule has 3 N–H and O–H groups in total. The van der Waals surface area contributed by atoms with Crippen molar-refractivity contribution in [1.29, 1.82) is 0 Å². The molecular weight excluding hydrogens is 376 g/mol. The number of amides is 1. The first-order valence-electron chi connectivity index (χ1n) is 9.61. The van der Waals surface area contributed by atoms with Crippen molar-refractivity contribution in [2.24, 2.45) is 0 Å². The number of carbonyl (C=O) groups excluding carboxylic acids is 2. The Morgan fingerprint density at radius 2 is 1.75 bits per heavy atom. The van der Waals surface area contributed by atoms with E-state index >= 15 is 0 Å². The molecule has 146 valence electrons. The topological polar surface area (TPSA) is 72.0 Å². The molecule has 2 aliphatic rings. The molecule has 1 spiro atoms. The van der Waals surface area contributed by atoms with E-state index in [1.165, 1.54) is 7.11 Å². The van der Waals surface area contributed by atoms with Gasteiger partial charge < -0.3 is 15.4 Å². The van der Waals surface area contributed by atoms with Crippen molar-refractivity contribution >= 4 is 29.0 Å². The van der Waals surface area contributed by atoms with Gasteiger partial charge in [0.2, 0.25) is 0 Å². The van der Waals surface area contributed by atoms with Crippen LogP contribution in [0.1, 0.15) is 36.8 Å². The van der Waals surface area contributed by atoms with Crippen molar-refractivity contribution in [3.8, 4) is 0 Å². The maximum atomic E-state index is 13.5. The monoisotopic (exact) mass is 399 g/mol. The van der Waals surface area contributed by atoms with Crippen molar-refractivity contribution < 1.29 is 19.6 Å². The van der Waals surface area contributed by atoms with Crippen LogP contribution >= 0.6 is 11.6 Å². The normalized spacial score (nSPS) is 22.6. The number of anilines is 1. The lowest BCUT2D eigenvalue weighted by Crippen LogP contribution is -3.08. The Balaban J connectivity index is 1.73. The van der Waals surface area contributed by atoms with E-state index < -0.39 is 17.4 Å². The highest BCUT2D eigenvalue weighted by molar-refractivity contribution is 6.44. The maximum absolute atomic E-state index is 13.5. The number of para-hydroxylation sites is 1. The Kier molecular flexibility index (Phi) is 5.00. The summed E-state index contributed by atoms with van der Waals surface area (Å²) in [5, 5.41) is 5.04. The van der Waals surface area contributed by atoms with E-state index in [0.717, 1.165) is 43.2 Å². The summed E-state index contributed by atoms with van der Waals surface area (Å²) in [5.74, 6) is -1.34. The second-order valence-corrected chi connectivity index (χ2v) is 8.16. The number of nitrogens with one attached hydrogen (secondary N) is 1. The average molecular weight is 400 g/mol. The number of hydrogen-bond donors (Lipinski definition) is 2. The molecule has 1 aliphatic carbocycles. The van der Waals surface area contributed by atoms with Crippen LogP contribution in [0.5, 0.6) is 0 Å². The van der Waals surface area contributed by atoms with Gasteiger partial charge in [0, 0.05) is 26.4 Å². The summed E-state index contributed by atoms with van der Waals surface area (Å²) in [6.07, 6.45) is 5.14. The number of quaternary nitrogens is 1. The fraction of sp³-hybridized carbons (Fsp3) is 0.364. The Labute approximate surface area is 169 Å². The van der Waals surface area contributed by atoms with Crippen molar-refractivity contribution in [2.75, 3.05) is 12.4 Å².